The minimum absolute atomic E-state index is 0.0878. The van der Waals surface area contributed by atoms with Crippen LogP contribution in [0, 0.1) is 23.1 Å². The van der Waals surface area contributed by atoms with E-state index in [1.165, 1.54) is 24.3 Å². The van der Waals surface area contributed by atoms with E-state index in [-0.39, 0.29) is 17.9 Å². The number of halogens is 4. The van der Waals surface area contributed by atoms with Gasteiger partial charge in [-0.1, -0.05) is 0 Å². The highest BCUT2D eigenvalue weighted by Crippen LogP contribution is 2.51. The molecule has 180 valence electrons. The number of hydrogen-bond donors (Lipinski definition) is 2. The van der Waals surface area contributed by atoms with Crippen LogP contribution in [0.4, 0.5) is 23.2 Å². The van der Waals surface area contributed by atoms with Gasteiger partial charge in [-0.3, -0.25) is 4.79 Å². The molecule has 1 saturated carbocycles. The first kappa shape index (κ1) is 24.0. The van der Waals surface area contributed by atoms with Crippen LogP contribution in [0.5, 0.6) is 0 Å². The lowest BCUT2D eigenvalue weighted by Crippen LogP contribution is -2.38. The highest BCUT2D eigenvalue weighted by Gasteiger charge is 2.47. The van der Waals surface area contributed by atoms with Gasteiger partial charge < -0.3 is 4.74 Å². The standard InChI is InChI=1S/C23H21F4N3O3S/c1-22(2)21(32)30(15-6-5-14(11-28)18(9-15)23(25,26)27)29-34(22)16-7-8-17(19(24)10-16)20(31)33-12-13-3-4-13/h5-10,13,29,34H,3-4,12H2,1-2H3. The maximum absolute atomic E-state index is 14.8. The lowest BCUT2D eigenvalue weighted by atomic mass is 10.1. The normalized spacial score (nSPS) is 20.8. The molecule has 34 heavy (non-hydrogen) atoms. The third kappa shape index (κ3) is 4.48. The zero-order chi connectivity index (χ0) is 24.8. The number of thiol groups is 1. The summed E-state index contributed by atoms with van der Waals surface area (Å²) in [7, 11) is 0. The van der Waals surface area contributed by atoms with Crippen LogP contribution in [-0.4, -0.2) is 23.2 Å². The van der Waals surface area contributed by atoms with Gasteiger partial charge in [0, 0.05) is 4.90 Å². The molecule has 2 aromatic rings. The van der Waals surface area contributed by atoms with Crippen LogP contribution < -0.4 is 9.84 Å². The quantitative estimate of drug-likeness (QED) is 0.351. The Morgan fingerprint density at radius 2 is 1.97 bits per heavy atom. The number of amides is 1. The molecule has 11 heteroatoms. The summed E-state index contributed by atoms with van der Waals surface area (Å²) in [4.78, 5) is 28.6. The molecule has 6 nitrogen and oxygen atoms in total. The van der Waals surface area contributed by atoms with Crippen LogP contribution >= 0.6 is 11.1 Å². The molecule has 1 heterocycles. The van der Waals surface area contributed by atoms with Crippen molar-refractivity contribution in [2.45, 2.75) is 42.5 Å². The van der Waals surface area contributed by atoms with Gasteiger partial charge in [0.05, 0.1) is 39.8 Å². The fraction of sp³-hybridized carbons (Fsp3) is 0.348. The molecule has 1 amide bonds. The Bertz CT molecular complexity index is 1200. The number of hydrazine groups is 1. The molecule has 1 aliphatic carbocycles. The van der Waals surface area contributed by atoms with Gasteiger partial charge in [-0.25, -0.2) is 14.2 Å². The number of nitriles is 1. The molecule has 0 spiro atoms. The highest BCUT2D eigenvalue weighted by atomic mass is 32.2. The average molecular weight is 495 g/mol. The Morgan fingerprint density at radius 1 is 1.26 bits per heavy atom. The first-order valence-electron chi connectivity index (χ1n) is 10.4. The van der Waals surface area contributed by atoms with Gasteiger partial charge in [0.25, 0.3) is 5.91 Å². The van der Waals surface area contributed by atoms with Crippen LogP contribution in [0.1, 0.15) is 48.2 Å². The molecule has 2 aliphatic rings. The number of hydrogen-bond acceptors (Lipinski definition) is 5. The molecule has 1 N–H and O–H groups in total. The van der Waals surface area contributed by atoms with E-state index >= 15 is 0 Å². The Balaban J connectivity index is 1.61. The molecular formula is C23H21F4N3O3S. The third-order valence-electron chi connectivity index (χ3n) is 5.75. The second-order valence-electron chi connectivity index (χ2n) is 8.68. The second kappa shape index (κ2) is 8.60. The summed E-state index contributed by atoms with van der Waals surface area (Å²) in [6, 6.07) is 8.42. The molecule has 1 saturated heterocycles. The summed E-state index contributed by atoms with van der Waals surface area (Å²) >= 11 is -1.60. The van der Waals surface area contributed by atoms with Gasteiger partial charge in [0.1, 0.15) is 5.82 Å². The summed E-state index contributed by atoms with van der Waals surface area (Å²) < 4.78 is 59.0. The Morgan fingerprint density at radius 3 is 2.56 bits per heavy atom. The van der Waals surface area contributed by atoms with E-state index in [1.807, 2.05) is 0 Å². The monoisotopic (exact) mass is 495 g/mol. The number of anilines is 1. The Labute approximate surface area is 195 Å². The van der Waals surface area contributed by atoms with E-state index in [0.29, 0.717) is 10.8 Å². The molecule has 0 bridgehead atoms. The molecule has 2 fully saturated rings. The van der Waals surface area contributed by atoms with Crippen LogP contribution in [0.3, 0.4) is 0 Å². The van der Waals surface area contributed by atoms with Crippen LogP contribution in [0.25, 0.3) is 0 Å². The van der Waals surface area contributed by atoms with E-state index in [0.717, 1.165) is 36.0 Å². The van der Waals surface area contributed by atoms with Gasteiger partial charge >= 0.3 is 12.1 Å². The van der Waals surface area contributed by atoms with Crippen molar-refractivity contribution in [1.29, 1.82) is 5.26 Å². The van der Waals surface area contributed by atoms with Gasteiger partial charge in [-0.05, 0) is 69.0 Å². The third-order valence-corrected chi connectivity index (χ3v) is 8.25. The zero-order valence-electron chi connectivity index (χ0n) is 18.2. The first-order chi connectivity index (χ1) is 15.9. The lowest BCUT2D eigenvalue weighted by Gasteiger charge is -2.27. The molecule has 1 atom stereocenters. The van der Waals surface area contributed by atoms with Crippen LogP contribution in [0.15, 0.2) is 41.3 Å². The summed E-state index contributed by atoms with van der Waals surface area (Å²) in [5.41, 5.74) is -2.02. The van der Waals surface area contributed by atoms with E-state index in [2.05, 4.69) is 4.83 Å². The highest BCUT2D eigenvalue weighted by molar-refractivity contribution is 8.17. The van der Waals surface area contributed by atoms with Gasteiger partial charge in [0.2, 0.25) is 0 Å². The van der Waals surface area contributed by atoms with Crippen molar-refractivity contribution in [3.05, 3.63) is 58.9 Å². The average Bonchev–Trinajstić information content (AvgIpc) is 3.57. The van der Waals surface area contributed by atoms with Gasteiger partial charge in [0.15, 0.2) is 0 Å². The van der Waals surface area contributed by atoms with Crippen molar-refractivity contribution in [2.24, 2.45) is 5.92 Å². The van der Waals surface area contributed by atoms with Crippen LogP contribution in [0.2, 0.25) is 0 Å². The number of ether oxygens (including phenoxy) is 1. The lowest BCUT2D eigenvalue weighted by molar-refractivity contribution is -0.137. The minimum atomic E-state index is -4.78. The molecule has 1 aliphatic heterocycles. The number of rotatable bonds is 5. The van der Waals surface area contributed by atoms with Crippen molar-refractivity contribution < 1.29 is 31.9 Å². The molecular weight excluding hydrogens is 474 g/mol. The fourth-order valence-corrected chi connectivity index (χ4v) is 5.74. The number of esters is 1. The number of nitrogens with one attached hydrogen (secondary N) is 1. The number of carbonyl (C=O) groups excluding carboxylic acids is 2. The predicted molar refractivity (Wildman–Crippen MR) is 118 cm³/mol. The van der Waals surface area contributed by atoms with Crippen molar-refractivity contribution in [3.63, 3.8) is 0 Å². The number of nitrogens with zero attached hydrogens (tertiary/aromatic N) is 2. The summed E-state index contributed by atoms with van der Waals surface area (Å²) in [6.07, 6.45) is -2.82. The fourth-order valence-electron chi connectivity index (χ4n) is 3.56. The molecule has 4 rings (SSSR count). The molecule has 0 radical (unpaired) electrons. The number of alkyl halides is 3. The SMILES string of the molecule is CC1(C)C(=O)N(c2ccc(C#N)c(C(F)(F)F)c2)N[SH]1c1ccc(C(=O)OCC2CC2)c(F)c1. The molecule has 2 aromatic carbocycles. The molecule has 1 unspecified atom stereocenters. The van der Waals surface area contributed by atoms with Crippen molar-refractivity contribution >= 4 is 28.6 Å². The van der Waals surface area contributed by atoms with Crippen molar-refractivity contribution in [2.75, 3.05) is 11.6 Å². The zero-order valence-corrected chi connectivity index (χ0v) is 19.1. The van der Waals surface area contributed by atoms with E-state index in [1.54, 1.807) is 13.8 Å². The summed E-state index contributed by atoms with van der Waals surface area (Å²) in [6.45, 7) is 3.46. The summed E-state index contributed by atoms with van der Waals surface area (Å²) in [5.74, 6) is -1.75. The topological polar surface area (TPSA) is 82.4 Å². The summed E-state index contributed by atoms with van der Waals surface area (Å²) in [5, 5.41) is 10.0. The Kier molecular flexibility index (Phi) is 6.08. The van der Waals surface area contributed by atoms with Crippen molar-refractivity contribution in [3.8, 4) is 6.07 Å². The van der Waals surface area contributed by atoms with E-state index in [9.17, 15) is 27.2 Å². The maximum Gasteiger partial charge on any atom is 0.417 e. The predicted octanol–water partition coefficient (Wildman–Crippen LogP) is 4.89. The Hall–Kier alpha value is -3.10. The van der Waals surface area contributed by atoms with E-state index < -0.39 is 50.8 Å². The van der Waals surface area contributed by atoms with Gasteiger partial charge in [-0.2, -0.15) is 23.3 Å². The number of carbonyl (C=O) groups is 2. The van der Waals surface area contributed by atoms with E-state index in [4.69, 9.17) is 10.00 Å². The second-order valence-corrected chi connectivity index (χ2v) is 11.2. The largest absolute Gasteiger partial charge is 0.462 e. The number of benzene rings is 2. The smallest absolute Gasteiger partial charge is 0.417 e. The van der Waals surface area contributed by atoms with Crippen molar-refractivity contribution in [1.82, 2.24) is 4.83 Å². The van der Waals surface area contributed by atoms with Gasteiger partial charge in [-0.15, -0.1) is 11.1 Å². The molecule has 0 aromatic heterocycles. The van der Waals surface area contributed by atoms with Crippen LogP contribution in [-0.2, 0) is 15.7 Å². The maximum atomic E-state index is 14.8. The minimum Gasteiger partial charge on any atom is -0.462 e. The first-order valence-corrected chi connectivity index (χ1v) is 11.8.